The molecular weight excluding hydrogens is 713 g/mol. The molecular formula is C34H27F2IrN3S-2. The smallest absolute Gasteiger partial charge is 0.134 e. The molecule has 3 aromatic carbocycles. The molecule has 0 N–H and O–H groups in total. The molecule has 209 valence electrons. The second-order valence-electron chi connectivity index (χ2n) is 10.4. The minimum absolute atomic E-state index is 0. The Morgan fingerprint density at radius 3 is 2.32 bits per heavy atom. The van der Waals surface area contributed by atoms with Crippen LogP contribution < -0.4 is 0 Å². The van der Waals surface area contributed by atoms with Gasteiger partial charge in [0.15, 0.2) is 0 Å². The van der Waals surface area contributed by atoms with Crippen molar-refractivity contribution >= 4 is 21.6 Å². The number of pyridine rings is 1. The topological polar surface area (TPSA) is 38.7 Å². The molecule has 7 heteroatoms. The SMILES string of the molecule is CC(C)(C)c1c[c-]c(-c2ncnc3cc(-c4ccc(F)cc4F)sc23)cc1.Cc1cccc(-c2[c-]cccc2)n1.[Ir]. The van der Waals surface area contributed by atoms with Crippen LogP contribution >= 0.6 is 11.3 Å². The molecule has 0 spiro atoms. The van der Waals surface area contributed by atoms with Gasteiger partial charge in [-0.3, -0.25) is 4.98 Å². The fourth-order valence-corrected chi connectivity index (χ4v) is 5.29. The van der Waals surface area contributed by atoms with Gasteiger partial charge in [0.05, 0.1) is 5.52 Å². The Kier molecular flexibility index (Phi) is 9.54. The Bertz CT molecular complexity index is 1760. The molecule has 0 atom stereocenters. The van der Waals surface area contributed by atoms with Crippen molar-refractivity contribution in [3.05, 3.63) is 126 Å². The summed E-state index contributed by atoms with van der Waals surface area (Å²) in [5, 5.41) is 0. The van der Waals surface area contributed by atoms with E-state index in [1.807, 2.05) is 67.6 Å². The zero-order valence-electron chi connectivity index (χ0n) is 23.0. The Morgan fingerprint density at radius 1 is 0.829 bits per heavy atom. The van der Waals surface area contributed by atoms with E-state index >= 15 is 0 Å². The first-order chi connectivity index (χ1) is 19.2. The van der Waals surface area contributed by atoms with Gasteiger partial charge >= 0.3 is 0 Å². The van der Waals surface area contributed by atoms with Gasteiger partial charge in [-0.25, -0.2) is 13.8 Å². The predicted molar refractivity (Wildman–Crippen MR) is 159 cm³/mol. The predicted octanol–water partition coefficient (Wildman–Crippen LogP) is 9.26. The summed E-state index contributed by atoms with van der Waals surface area (Å²) in [6.07, 6.45) is 1.50. The summed E-state index contributed by atoms with van der Waals surface area (Å²) >= 11 is 1.39. The molecule has 0 fully saturated rings. The van der Waals surface area contributed by atoms with E-state index in [1.165, 1.54) is 35.4 Å². The van der Waals surface area contributed by atoms with Crippen LogP contribution in [0.4, 0.5) is 8.78 Å². The fourth-order valence-electron chi connectivity index (χ4n) is 4.15. The maximum atomic E-state index is 14.2. The fraction of sp³-hybridized carbons (Fsp3) is 0.147. The Balaban J connectivity index is 0.000000233. The summed E-state index contributed by atoms with van der Waals surface area (Å²) in [5.41, 5.74) is 7.03. The van der Waals surface area contributed by atoms with Crippen molar-refractivity contribution in [1.82, 2.24) is 15.0 Å². The summed E-state index contributed by atoms with van der Waals surface area (Å²) in [6.45, 7) is 8.46. The maximum Gasteiger partial charge on any atom is 0.134 e. The average molecular weight is 740 g/mol. The van der Waals surface area contributed by atoms with Gasteiger partial charge in [0.2, 0.25) is 0 Å². The van der Waals surface area contributed by atoms with Crippen LogP contribution in [0.25, 0.3) is 43.2 Å². The van der Waals surface area contributed by atoms with Crippen molar-refractivity contribution in [3.8, 4) is 33.0 Å². The van der Waals surface area contributed by atoms with E-state index in [0.717, 1.165) is 44.5 Å². The Labute approximate surface area is 256 Å². The molecule has 0 saturated carbocycles. The van der Waals surface area contributed by atoms with Gasteiger partial charge in [0, 0.05) is 52.7 Å². The number of aryl methyl sites for hydroxylation is 1. The van der Waals surface area contributed by atoms with E-state index in [2.05, 4.69) is 53.9 Å². The molecule has 0 aliphatic carbocycles. The average Bonchev–Trinajstić information content (AvgIpc) is 3.38. The van der Waals surface area contributed by atoms with Gasteiger partial charge < -0.3 is 4.98 Å². The van der Waals surface area contributed by atoms with Crippen molar-refractivity contribution < 1.29 is 28.9 Å². The first-order valence-electron chi connectivity index (χ1n) is 12.8. The molecule has 3 nitrogen and oxygen atoms in total. The third kappa shape index (κ3) is 7.17. The number of fused-ring (bicyclic) bond motifs is 1. The summed E-state index contributed by atoms with van der Waals surface area (Å²) < 4.78 is 28.2. The van der Waals surface area contributed by atoms with Crippen LogP contribution in [0.15, 0.2) is 91.3 Å². The maximum absolute atomic E-state index is 14.2. The van der Waals surface area contributed by atoms with Gasteiger partial charge in [0.25, 0.3) is 0 Å². The van der Waals surface area contributed by atoms with Crippen molar-refractivity contribution in [2.75, 3.05) is 0 Å². The third-order valence-corrected chi connectivity index (χ3v) is 7.48. The molecule has 0 unspecified atom stereocenters. The van der Waals surface area contributed by atoms with Crippen molar-refractivity contribution in [1.29, 1.82) is 0 Å². The molecule has 0 amide bonds. The van der Waals surface area contributed by atoms with Crippen LogP contribution in [0.2, 0.25) is 0 Å². The van der Waals surface area contributed by atoms with Crippen LogP contribution in [0.1, 0.15) is 32.0 Å². The molecule has 0 saturated heterocycles. The Morgan fingerprint density at radius 2 is 1.66 bits per heavy atom. The summed E-state index contributed by atoms with van der Waals surface area (Å²) in [4.78, 5) is 13.8. The zero-order chi connectivity index (χ0) is 28.3. The van der Waals surface area contributed by atoms with Crippen LogP contribution in [0, 0.1) is 30.7 Å². The van der Waals surface area contributed by atoms with Crippen LogP contribution in [-0.2, 0) is 25.5 Å². The molecule has 0 bridgehead atoms. The van der Waals surface area contributed by atoms with Crippen molar-refractivity contribution in [2.45, 2.75) is 33.1 Å². The summed E-state index contributed by atoms with van der Waals surface area (Å²) in [5.74, 6) is -1.18. The van der Waals surface area contributed by atoms with Crippen LogP contribution in [-0.4, -0.2) is 15.0 Å². The van der Waals surface area contributed by atoms with Gasteiger partial charge in [-0.2, -0.15) is 0 Å². The molecule has 6 rings (SSSR count). The molecule has 1 radical (unpaired) electrons. The largest absolute Gasteiger partial charge is 0.302 e. The molecule has 0 aliphatic rings. The van der Waals surface area contributed by atoms with E-state index in [9.17, 15) is 8.78 Å². The molecule has 3 aromatic heterocycles. The van der Waals surface area contributed by atoms with Crippen LogP contribution in [0.3, 0.4) is 0 Å². The Hall–Kier alpha value is -3.64. The van der Waals surface area contributed by atoms with Gasteiger partial charge in [-0.1, -0.05) is 32.9 Å². The normalized spacial score (nSPS) is 11.0. The van der Waals surface area contributed by atoms with Crippen molar-refractivity contribution in [3.63, 3.8) is 0 Å². The molecule has 3 heterocycles. The van der Waals surface area contributed by atoms with Gasteiger partial charge in [-0.05, 0) is 42.3 Å². The number of hydrogen-bond donors (Lipinski definition) is 0. The van der Waals surface area contributed by atoms with E-state index < -0.39 is 11.6 Å². The molecule has 41 heavy (non-hydrogen) atoms. The number of rotatable bonds is 3. The standard InChI is InChI=1S/C22H17F2N2S.C12H10N.Ir/c1-22(2,3)14-6-4-13(5-7-14)20-21-18(25-12-26-20)11-19(27-21)16-9-8-15(23)10-17(16)24;1-10-6-5-9-12(13-10)11-7-3-2-4-8-11;/h4,6-12H,1-3H3;2-7,9H,1H3;/q2*-1;. The quantitative estimate of drug-likeness (QED) is 0.170. The first kappa shape index (κ1) is 30.3. The molecule has 6 aromatic rings. The minimum atomic E-state index is -0.591. The summed E-state index contributed by atoms with van der Waals surface area (Å²) in [7, 11) is 0. The number of hydrogen-bond acceptors (Lipinski definition) is 4. The zero-order valence-corrected chi connectivity index (χ0v) is 26.2. The summed E-state index contributed by atoms with van der Waals surface area (Å²) in [6, 6.07) is 31.8. The number of thiophene rings is 1. The second-order valence-corrected chi connectivity index (χ2v) is 11.4. The molecule has 0 aliphatic heterocycles. The third-order valence-electron chi connectivity index (χ3n) is 6.32. The monoisotopic (exact) mass is 740 g/mol. The van der Waals surface area contributed by atoms with Gasteiger partial charge in [-0.15, -0.1) is 82.6 Å². The van der Waals surface area contributed by atoms with E-state index in [1.54, 1.807) is 0 Å². The van der Waals surface area contributed by atoms with E-state index in [-0.39, 0.29) is 25.5 Å². The number of aromatic nitrogens is 3. The van der Waals surface area contributed by atoms with Gasteiger partial charge in [0.1, 0.15) is 18.0 Å². The van der Waals surface area contributed by atoms with E-state index in [0.29, 0.717) is 10.4 Å². The first-order valence-corrected chi connectivity index (χ1v) is 13.6. The van der Waals surface area contributed by atoms with Crippen molar-refractivity contribution in [2.24, 2.45) is 0 Å². The number of benzene rings is 3. The van der Waals surface area contributed by atoms with E-state index in [4.69, 9.17) is 0 Å². The van der Waals surface area contributed by atoms with Crippen LogP contribution in [0.5, 0.6) is 0 Å². The second kappa shape index (κ2) is 12.9. The number of halogens is 2. The minimum Gasteiger partial charge on any atom is -0.302 e. The number of nitrogens with zero attached hydrogens (tertiary/aromatic N) is 3.